The Morgan fingerprint density at radius 1 is 1.18 bits per heavy atom. The molecule has 7 nitrogen and oxygen atoms in total. The first-order valence-electron chi connectivity index (χ1n) is 9.43. The van der Waals surface area contributed by atoms with Gasteiger partial charge in [0.15, 0.2) is 5.16 Å². The SMILES string of the molecule is CC(C)Cc1ccc([C@@H](C)NC(=O)CSc2nnc(CCC(N)=O)n2C)cc1. The Morgan fingerprint density at radius 3 is 2.46 bits per heavy atom. The zero-order valence-corrected chi connectivity index (χ0v) is 17.8. The summed E-state index contributed by atoms with van der Waals surface area (Å²) in [6.07, 6.45) is 1.72. The molecule has 152 valence electrons. The maximum absolute atomic E-state index is 12.3. The number of rotatable bonds is 10. The number of nitrogens with one attached hydrogen (secondary N) is 1. The summed E-state index contributed by atoms with van der Waals surface area (Å²) in [5.41, 5.74) is 7.55. The molecule has 8 heteroatoms. The van der Waals surface area contributed by atoms with Gasteiger partial charge in [0.1, 0.15) is 5.82 Å². The fraction of sp³-hybridized carbons (Fsp3) is 0.500. The van der Waals surface area contributed by atoms with Gasteiger partial charge in [0, 0.05) is 19.9 Å². The molecule has 0 saturated carbocycles. The minimum Gasteiger partial charge on any atom is -0.370 e. The van der Waals surface area contributed by atoms with Gasteiger partial charge in [0.25, 0.3) is 0 Å². The minimum absolute atomic E-state index is 0.0631. The van der Waals surface area contributed by atoms with Crippen LogP contribution in [0.3, 0.4) is 0 Å². The second-order valence-electron chi connectivity index (χ2n) is 7.34. The Kier molecular flexibility index (Phi) is 8.04. The van der Waals surface area contributed by atoms with Crippen LogP contribution in [0.2, 0.25) is 0 Å². The van der Waals surface area contributed by atoms with Crippen molar-refractivity contribution >= 4 is 23.6 Å². The van der Waals surface area contributed by atoms with Crippen molar-refractivity contribution in [1.82, 2.24) is 20.1 Å². The van der Waals surface area contributed by atoms with E-state index in [0.29, 0.717) is 23.3 Å². The van der Waals surface area contributed by atoms with E-state index < -0.39 is 0 Å². The number of aryl methyl sites for hydroxylation is 1. The summed E-state index contributed by atoms with van der Waals surface area (Å²) in [4.78, 5) is 23.2. The van der Waals surface area contributed by atoms with Crippen LogP contribution in [0.15, 0.2) is 29.4 Å². The molecule has 1 atom stereocenters. The van der Waals surface area contributed by atoms with Crippen LogP contribution in [0.5, 0.6) is 0 Å². The number of amides is 2. The first-order valence-corrected chi connectivity index (χ1v) is 10.4. The van der Waals surface area contributed by atoms with Crippen LogP contribution in [-0.4, -0.2) is 32.3 Å². The van der Waals surface area contributed by atoms with Crippen LogP contribution in [0.25, 0.3) is 0 Å². The van der Waals surface area contributed by atoms with Crippen LogP contribution in [-0.2, 0) is 29.5 Å². The monoisotopic (exact) mass is 403 g/mol. The summed E-state index contributed by atoms with van der Waals surface area (Å²) in [6, 6.07) is 8.33. The highest BCUT2D eigenvalue weighted by molar-refractivity contribution is 7.99. The lowest BCUT2D eigenvalue weighted by molar-refractivity contribution is -0.119. The second kappa shape index (κ2) is 10.3. The molecule has 0 spiro atoms. The normalized spacial score (nSPS) is 12.2. The quantitative estimate of drug-likeness (QED) is 0.593. The van der Waals surface area contributed by atoms with E-state index in [-0.39, 0.29) is 30.0 Å². The molecule has 0 unspecified atom stereocenters. The van der Waals surface area contributed by atoms with E-state index in [4.69, 9.17) is 5.73 Å². The Morgan fingerprint density at radius 2 is 1.86 bits per heavy atom. The molecule has 0 aliphatic carbocycles. The van der Waals surface area contributed by atoms with E-state index in [2.05, 4.69) is 53.6 Å². The number of nitrogens with two attached hydrogens (primary N) is 1. The van der Waals surface area contributed by atoms with E-state index in [1.807, 2.05) is 14.0 Å². The standard InChI is InChI=1S/C20H29N5O2S/c1-13(2)11-15-5-7-16(8-6-15)14(3)22-19(27)12-28-20-24-23-18(25(20)4)10-9-17(21)26/h5-8,13-14H,9-12H2,1-4H3,(H2,21,26)(H,22,27)/t14-/m1/s1. The van der Waals surface area contributed by atoms with E-state index in [1.165, 1.54) is 17.3 Å². The Bertz CT molecular complexity index is 801. The molecule has 0 bridgehead atoms. The third kappa shape index (κ3) is 6.67. The smallest absolute Gasteiger partial charge is 0.230 e. The van der Waals surface area contributed by atoms with Crippen LogP contribution in [0.1, 0.15) is 50.2 Å². The number of carbonyl (C=O) groups is 2. The van der Waals surface area contributed by atoms with Crippen LogP contribution in [0.4, 0.5) is 0 Å². The summed E-state index contributed by atoms with van der Waals surface area (Å²) < 4.78 is 1.79. The summed E-state index contributed by atoms with van der Waals surface area (Å²) in [5.74, 6) is 1.11. The number of hydrogen-bond donors (Lipinski definition) is 2. The lowest BCUT2D eigenvalue weighted by Gasteiger charge is -2.15. The number of carbonyl (C=O) groups excluding carboxylic acids is 2. The van der Waals surface area contributed by atoms with Crippen molar-refractivity contribution in [3.63, 3.8) is 0 Å². The summed E-state index contributed by atoms with van der Waals surface area (Å²) in [7, 11) is 1.82. The first-order chi connectivity index (χ1) is 13.3. The van der Waals surface area contributed by atoms with Crippen molar-refractivity contribution in [2.24, 2.45) is 18.7 Å². The van der Waals surface area contributed by atoms with Crippen LogP contribution >= 0.6 is 11.8 Å². The molecular formula is C20H29N5O2S. The molecule has 0 fully saturated rings. The van der Waals surface area contributed by atoms with Crippen molar-refractivity contribution in [2.75, 3.05) is 5.75 Å². The van der Waals surface area contributed by atoms with Gasteiger partial charge in [0.05, 0.1) is 11.8 Å². The van der Waals surface area contributed by atoms with Gasteiger partial charge >= 0.3 is 0 Å². The van der Waals surface area contributed by atoms with Crippen LogP contribution < -0.4 is 11.1 Å². The number of primary amides is 1. The van der Waals surface area contributed by atoms with Gasteiger partial charge in [0.2, 0.25) is 11.8 Å². The average Bonchev–Trinajstić information content (AvgIpc) is 2.98. The minimum atomic E-state index is -0.372. The highest BCUT2D eigenvalue weighted by Crippen LogP contribution is 2.18. The third-order valence-corrected chi connectivity index (χ3v) is 5.37. The van der Waals surface area contributed by atoms with Gasteiger partial charge in [-0.1, -0.05) is 49.9 Å². The van der Waals surface area contributed by atoms with Gasteiger partial charge in [-0.2, -0.15) is 0 Å². The van der Waals surface area contributed by atoms with Gasteiger partial charge < -0.3 is 15.6 Å². The number of thioether (sulfide) groups is 1. The number of hydrogen-bond acceptors (Lipinski definition) is 5. The highest BCUT2D eigenvalue weighted by atomic mass is 32.2. The number of nitrogens with zero attached hydrogens (tertiary/aromatic N) is 3. The number of benzene rings is 1. The van der Waals surface area contributed by atoms with E-state index in [9.17, 15) is 9.59 Å². The lowest BCUT2D eigenvalue weighted by atomic mass is 10.00. The molecule has 0 saturated heterocycles. The topological polar surface area (TPSA) is 103 Å². The van der Waals surface area contributed by atoms with Crippen molar-refractivity contribution in [1.29, 1.82) is 0 Å². The molecule has 1 heterocycles. The van der Waals surface area contributed by atoms with Crippen LogP contribution in [0, 0.1) is 5.92 Å². The van der Waals surface area contributed by atoms with E-state index >= 15 is 0 Å². The molecule has 0 aliphatic rings. The first kappa shape index (κ1) is 21.9. The van der Waals surface area contributed by atoms with Crippen molar-refractivity contribution in [3.8, 4) is 0 Å². The zero-order valence-electron chi connectivity index (χ0n) is 16.9. The van der Waals surface area contributed by atoms with E-state index in [1.54, 1.807) is 4.57 Å². The molecule has 1 aromatic heterocycles. The van der Waals surface area contributed by atoms with Crippen molar-refractivity contribution in [2.45, 2.75) is 51.2 Å². The highest BCUT2D eigenvalue weighted by Gasteiger charge is 2.14. The predicted octanol–water partition coefficient (Wildman–Crippen LogP) is 2.40. The van der Waals surface area contributed by atoms with Gasteiger partial charge in [-0.25, -0.2) is 0 Å². The molecule has 0 aliphatic heterocycles. The lowest BCUT2D eigenvalue weighted by Crippen LogP contribution is -2.28. The molecule has 0 radical (unpaired) electrons. The summed E-state index contributed by atoms with van der Waals surface area (Å²) >= 11 is 1.32. The maximum atomic E-state index is 12.3. The maximum Gasteiger partial charge on any atom is 0.230 e. The third-order valence-electron chi connectivity index (χ3n) is 4.35. The Labute approximate surface area is 170 Å². The molecule has 2 rings (SSSR count). The molecule has 2 aromatic rings. The Hall–Kier alpha value is -2.35. The molecule has 3 N–H and O–H groups in total. The molecule has 2 amide bonds. The average molecular weight is 404 g/mol. The number of aromatic nitrogens is 3. The molecule has 1 aromatic carbocycles. The largest absolute Gasteiger partial charge is 0.370 e. The zero-order chi connectivity index (χ0) is 20.7. The predicted molar refractivity (Wildman–Crippen MR) is 111 cm³/mol. The second-order valence-corrected chi connectivity index (χ2v) is 8.28. The fourth-order valence-corrected chi connectivity index (χ4v) is 3.57. The molecular weight excluding hydrogens is 374 g/mol. The van der Waals surface area contributed by atoms with Crippen molar-refractivity contribution in [3.05, 3.63) is 41.2 Å². The summed E-state index contributed by atoms with van der Waals surface area (Å²) in [6.45, 7) is 6.38. The van der Waals surface area contributed by atoms with Gasteiger partial charge in [-0.15, -0.1) is 10.2 Å². The van der Waals surface area contributed by atoms with Gasteiger partial charge in [-0.3, -0.25) is 9.59 Å². The summed E-state index contributed by atoms with van der Waals surface area (Å²) in [5, 5.41) is 11.8. The Balaban J connectivity index is 1.84. The van der Waals surface area contributed by atoms with Crippen molar-refractivity contribution < 1.29 is 9.59 Å². The van der Waals surface area contributed by atoms with Gasteiger partial charge in [-0.05, 0) is 30.4 Å². The molecule has 28 heavy (non-hydrogen) atoms. The fourth-order valence-electron chi connectivity index (χ4n) is 2.83. The van der Waals surface area contributed by atoms with E-state index in [0.717, 1.165) is 12.0 Å².